The third-order valence-corrected chi connectivity index (χ3v) is 3.59. The Morgan fingerprint density at radius 1 is 1.14 bits per heavy atom. The standard InChI is InChI=1S/C16H16BrF2NO/c1-2-20-9-12-4-3-5-15(19)16(12)21-10-11-6-7-14(18)13(17)8-11/h3-8,20H,2,9-10H2,1H3. The van der Waals surface area contributed by atoms with Crippen molar-refractivity contribution in [3.05, 3.63) is 63.6 Å². The molecular formula is C16H16BrF2NO. The summed E-state index contributed by atoms with van der Waals surface area (Å²) in [7, 11) is 0. The van der Waals surface area contributed by atoms with E-state index < -0.39 is 5.82 Å². The average Bonchev–Trinajstić information content (AvgIpc) is 2.47. The van der Waals surface area contributed by atoms with E-state index in [9.17, 15) is 8.78 Å². The van der Waals surface area contributed by atoms with Gasteiger partial charge < -0.3 is 10.1 Å². The van der Waals surface area contributed by atoms with Crippen molar-refractivity contribution < 1.29 is 13.5 Å². The SMILES string of the molecule is CCNCc1cccc(F)c1OCc1ccc(F)c(Br)c1. The fourth-order valence-corrected chi connectivity index (χ4v) is 2.33. The molecule has 0 amide bonds. The highest BCUT2D eigenvalue weighted by molar-refractivity contribution is 9.10. The highest BCUT2D eigenvalue weighted by Gasteiger charge is 2.10. The Kier molecular flexibility index (Phi) is 5.70. The van der Waals surface area contributed by atoms with E-state index in [-0.39, 0.29) is 18.2 Å². The summed E-state index contributed by atoms with van der Waals surface area (Å²) in [6.07, 6.45) is 0. The number of hydrogen-bond acceptors (Lipinski definition) is 2. The van der Waals surface area contributed by atoms with Crippen LogP contribution in [0.25, 0.3) is 0 Å². The predicted molar refractivity (Wildman–Crippen MR) is 82.2 cm³/mol. The molecule has 21 heavy (non-hydrogen) atoms. The second-order valence-corrected chi connectivity index (χ2v) is 5.40. The Labute approximate surface area is 131 Å². The smallest absolute Gasteiger partial charge is 0.165 e. The molecule has 0 heterocycles. The van der Waals surface area contributed by atoms with Crippen LogP contribution in [0.5, 0.6) is 5.75 Å². The average molecular weight is 356 g/mol. The normalized spacial score (nSPS) is 10.7. The summed E-state index contributed by atoms with van der Waals surface area (Å²) in [5.74, 6) is -0.497. The Morgan fingerprint density at radius 2 is 1.95 bits per heavy atom. The summed E-state index contributed by atoms with van der Waals surface area (Å²) in [5, 5.41) is 3.14. The second-order valence-electron chi connectivity index (χ2n) is 4.55. The van der Waals surface area contributed by atoms with Gasteiger partial charge in [0.2, 0.25) is 0 Å². The van der Waals surface area contributed by atoms with Crippen LogP contribution in [0.4, 0.5) is 8.78 Å². The molecule has 0 aliphatic rings. The first-order chi connectivity index (χ1) is 10.1. The van der Waals surface area contributed by atoms with Gasteiger partial charge in [0.1, 0.15) is 12.4 Å². The van der Waals surface area contributed by atoms with E-state index in [1.807, 2.05) is 13.0 Å². The van der Waals surface area contributed by atoms with Gasteiger partial charge in [0.15, 0.2) is 11.6 Å². The van der Waals surface area contributed by atoms with E-state index in [1.54, 1.807) is 18.2 Å². The molecule has 0 saturated heterocycles. The van der Waals surface area contributed by atoms with Crippen LogP contribution in [-0.2, 0) is 13.2 Å². The molecule has 2 nitrogen and oxygen atoms in total. The lowest BCUT2D eigenvalue weighted by atomic mass is 10.2. The van der Waals surface area contributed by atoms with E-state index in [1.165, 1.54) is 12.1 Å². The number of ether oxygens (including phenoxy) is 1. The van der Waals surface area contributed by atoms with Gasteiger partial charge in [-0.2, -0.15) is 0 Å². The molecule has 0 aromatic heterocycles. The molecule has 0 unspecified atom stereocenters. The fourth-order valence-electron chi connectivity index (χ4n) is 1.90. The topological polar surface area (TPSA) is 21.3 Å². The van der Waals surface area contributed by atoms with Gasteiger partial charge in [0, 0.05) is 12.1 Å². The molecule has 5 heteroatoms. The van der Waals surface area contributed by atoms with E-state index in [0.29, 0.717) is 11.0 Å². The van der Waals surface area contributed by atoms with Gasteiger partial charge in [-0.3, -0.25) is 0 Å². The molecular weight excluding hydrogens is 340 g/mol. The summed E-state index contributed by atoms with van der Waals surface area (Å²) in [5.41, 5.74) is 1.53. The Balaban J connectivity index is 2.13. The van der Waals surface area contributed by atoms with Crippen LogP contribution < -0.4 is 10.1 Å². The summed E-state index contributed by atoms with van der Waals surface area (Å²) < 4.78 is 33.0. The number of para-hydroxylation sites is 1. The van der Waals surface area contributed by atoms with E-state index in [0.717, 1.165) is 17.7 Å². The van der Waals surface area contributed by atoms with E-state index >= 15 is 0 Å². The van der Waals surface area contributed by atoms with Gasteiger partial charge in [-0.15, -0.1) is 0 Å². The maximum Gasteiger partial charge on any atom is 0.165 e. The largest absolute Gasteiger partial charge is 0.485 e. The maximum absolute atomic E-state index is 13.9. The van der Waals surface area contributed by atoms with Crippen molar-refractivity contribution in [3.8, 4) is 5.75 Å². The number of nitrogens with one attached hydrogen (secondary N) is 1. The fraction of sp³-hybridized carbons (Fsp3) is 0.250. The molecule has 2 aromatic rings. The molecule has 2 rings (SSSR count). The Bertz CT molecular complexity index is 619. The molecule has 0 aliphatic heterocycles. The van der Waals surface area contributed by atoms with Crippen LogP contribution in [0.1, 0.15) is 18.1 Å². The highest BCUT2D eigenvalue weighted by Crippen LogP contribution is 2.24. The first-order valence-electron chi connectivity index (χ1n) is 6.66. The van der Waals surface area contributed by atoms with Gasteiger partial charge in [-0.25, -0.2) is 8.78 Å². The van der Waals surface area contributed by atoms with Crippen molar-refractivity contribution in [2.45, 2.75) is 20.1 Å². The summed E-state index contributed by atoms with van der Waals surface area (Å²) in [6.45, 7) is 3.49. The van der Waals surface area contributed by atoms with E-state index in [4.69, 9.17) is 4.74 Å². The third-order valence-electron chi connectivity index (χ3n) is 2.98. The van der Waals surface area contributed by atoms with Crippen LogP contribution in [0.3, 0.4) is 0 Å². The minimum atomic E-state index is -0.397. The molecule has 2 aromatic carbocycles. The first kappa shape index (κ1) is 15.9. The molecule has 0 fully saturated rings. The van der Waals surface area contributed by atoms with Gasteiger partial charge >= 0.3 is 0 Å². The van der Waals surface area contributed by atoms with Crippen molar-refractivity contribution in [3.63, 3.8) is 0 Å². The lowest BCUT2D eigenvalue weighted by Crippen LogP contribution is -2.13. The van der Waals surface area contributed by atoms with Crippen molar-refractivity contribution >= 4 is 15.9 Å². The van der Waals surface area contributed by atoms with Crippen LogP contribution >= 0.6 is 15.9 Å². The Hall–Kier alpha value is -1.46. The zero-order chi connectivity index (χ0) is 15.2. The van der Waals surface area contributed by atoms with Crippen LogP contribution in [0.15, 0.2) is 40.9 Å². The lowest BCUT2D eigenvalue weighted by Gasteiger charge is -2.13. The quantitative estimate of drug-likeness (QED) is 0.828. The minimum absolute atomic E-state index is 0.180. The summed E-state index contributed by atoms with van der Waals surface area (Å²) in [4.78, 5) is 0. The zero-order valence-electron chi connectivity index (χ0n) is 11.6. The van der Waals surface area contributed by atoms with Crippen molar-refractivity contribution in [1.29, 1.82) is 0 Å². The molecule has 1 N–H and O–H groups in total. The number of benzene rings is 2. The highest BCUT2D eigenvalue weighted by atomic mass is 79.9. The third kappa shape index (κ3) is 4.25. The first-order valence-corrected chi connectivity index (χ1v) is 7.46. The van der Waals surface area contributed by atoms with Crippen LogP contribution in [0, 0.1) is 11.6 Å². The summed E-state index contributed by atoms with van der Waals surface area (Å²) >= 11 is 3.12. The number of halogens is 3. The summed E-state index contributed by atoms with van der Waals surface area (Å²) in [6, 6.07) is 9.44. The molecule has 0 spiro atoms. The predicted octanol–water partition coefficient (Wildman–Crippen LogP) is 4.42. The zero-order valence-corrected chi connectivity index (χ0v) is 13.2. The van der Waals surface area contributed by atoms with Crippen molar-refractivity contribution in [1.82, 2.24) is 5.32 Å². The van der Waals surface area contributed by atoms with E-state index in [2.05, 4.69) is 21.2 Å². The monoisotopic (exact) mass is 355 g/mol. The van der Waals surface area contributed by atoms with Gasteiger partial charge in [0.25, 0.3) is 0 Å². The van der Waals surface area contributed by atoms with Crippen molar-refractivity contribution in [2.75, 3.05) is 6.54 Å². The van der Waals surface area contributed by atoms with Gasteiger partial charge in [-0.05, 0) is 46.2 Å². The molecule has 112 valence electrons. The molecule has 0 saturated carbocycles. The van der Waals surface area contributed by atoms with Gasteiger partial charge in [-0.1, -0.05) is 25.1 Å². The minimum Gasteiger partial charge on any atom is -0.485 e. The molecule has 0 bridgehead atoms. The van der Waals surface area contributed by atoms with Crippen molar-refractivity contribution in [2.24, 2.45) is 0 Å². The van der Waals surface area contributed by atoms with Crippen LogP contribution in [0.2, 0.25) is 0 Å². The maximum atomic E-state index is 13.9. The second kappa shape index (κ2) is 7.52. The molecule has 0 atom stereocenters. The molecule has 0 radical (unpaired) electrons. The van der Waals surface area contributed by atoms with Crippen LogP contribution in [-0.4, -0.2) is 6.54 Å². The molecule has 0 aliphatic carbocycles. The number of hydrogen-bond donors (Lipinski definition) is 1. The number of rotatable bonds is 6. The Morgan fingerprint density at radius 3 is 2.67 bits per heavy atom. The van der Waals surface area contributed by atoms with Gasteiger partial charge in [0.05, 0.1) is 4.47 Å². The lowest BCUT2D eigenvalue weighted by molar-refractivity contribution is 0.286.